The maximum atomic E-state index is 4.92. The average Bonchev–Trinajstić information content (AvgIpc) is 2.63. The van der Waals surface area contributed by atoms with Gasteiger partial charge in [-0.1, -0.05) is 74.3 Å². The summed E-state index contributed by atoms with van der Waals surface area (Å²) in [6, 6.07) is 24.6. The summed E-state index contributed by atoms with van der Waals surface area (Å²) in [4.78, 5) is 9.84. The maximum Gasteiger partial charge on any atom is 0.0928 e. The van der Waals surface area contributed by atoms with Gasteiger partial charge in [0.2, 0.25) is 0 Å². The number of aromatic nitrogens is 2. The molecule has 0 bridgehead atoms. The van der Waals surface area contributed by atoms with Crippen LogP contribution in [0.2, 0.25) is 0 Å². The van der Waals surface area contributed by atoms with Gasteiger partial charge in [0.25, 0.3) is 0 Å². The van der Waals surface area contributed by atoms with E-state index in [2.05, 4.69) is 68.3 Å². The summed E-state index contributed by atoms with van der Waals surface area (Å²) in [5.74, 6) is 0. The Kier molecular flexibility index (Phi) is 4.64. The molecule has 0 saturated heterocycles. The van der Waals surface area contributed by atoms with Crippen LogP contribution in [0, 0.1) is 0 Å². The first-order valence-corrected chi connectivity index (χ1v) is 9.54. The van der Waals surface area contributed by atoms with Crippen molar-refractivity contribution in [1.82, 2.24) is 9.97 Å². The van der Waals surface area contributed by atoms with Crippen LogP contribution in [-0.4, -0.2) is 9.97 Å². The summed E-state index contributed by atoms with van der Waals surface area (Å²) < 4.78 is 2.06. The summed E-state index contributed by atoms with van der Waals surface area (Å²) in [5, 5.41) is 0. The molecule has 1 aromatic heterocycles. The molecule has 1 heterocycles. The van der Waals surface area contributed by atoms with E-state index in [1.54, 1.807) is 0 Å². The molecule has 0 amide bonds. The SMILES string of the molecule is Brc1ccc(-c2nc3cc(Br)ccc3nc2Cc2ccccc2)cc1. The second kappa shape index (κ2) is 7.06. The molecule has 2 nitrogen and oxygen atoms in total. The summed E-state index contributed by atoms with van der Waals surface area (Å²) in [7, 11) is 0. The first-order valence-electron chi connectivity index (χ1n) is 7.95. The molecule has 25 heavy (non-hydrogen) atoms. The van der Waals surface area contributed by atoms with Crippen LogP contribution in [-0.2, 0) is 6.42 Å². The monoisotopic (exact) mass is 452 g/mol. The Morgan fingerprint density at radius 1 is 0.680 bits per heavy atom. The lowest BCUT2D eigenvalue weighted by Gasteiger charge is -2.11. The van der Waals surface area contributed by atoms with E-state index in [1.165, 1.54) is 5.56 Å². The fraction of sp³-hybridized carbons (Fsp3) is 0.0476. The summed E-state index contributed by atoms with van der Waals surface area (Å²) in [6.45, 7) is 0. The molecular weight excluding hydrogens is 440 g/mol. The highest BCUT2D eigenvalue weighted by molar-refractivity contribution is 9.10. The average molecular weight is 454 g/mol. The van der Waals surface area contributed by atoms with Gasteiger partial charge < -0.3 is 0 Å². The van der Waals surface area contributed by atoms with Gasteiger partial charge in [0.15, 0.2) is 0 Å². The lowest BCUT2D eigenvalue weighted by molar-refractivity contribution is 1.07. The van der Waals surface area contributed by atoms with E-state index < -0.39 is 0 Å². The number of nitrogens with zero attached hydrogens (tertiary/aromatic N) is 2. The molecule has 0 aliphatic heterocycles. The molecule has 3 aromatic carbocycles. The van der Waals surface area contributed by atoms with Gasteiger partial charge in [-0.05, 0) is 35.9 Å². The molecule has 0 aliphatic carbocycles. The fourth-order valence-electron chi connectivity index (χ4n) is 2.82. The van der Waals surface area contributed by atoms with E-state index in [-0.39, 0.29) is 0 Å². The van der Waals surface area contributed by atoms with Crippen molar-refractivity contribution in [2.24, 2.45) is 0 Å². The van der Waals surface area contributed by atoms with Gasteiger partial charge in [-0.15, -0.1) is 0 Å². The molecule has 122 valence electrons. The minimum absolute atomic E-state index is 0.755. The van der Waals surface area contributed by atoms with Crippen LogP contribution in [0.3, 0.4) is 0 Å². The second-order valence-electron chi connectivity index (χ2n) is 5.82. The molecular formula is C21H14Br2N2. The molecule has 0 unspecified atom stereocenters. The minimum atomic E-state index is 0.755. The number of rotatable bonds is 3. The fourth-order valence-corrected chi connectivity index (χ4v) is 3.43. The third-order valence-electron chi connectivity index (χ3n) is 4.03. The Morgan fingerprint density at radius 2 is 1.40 bits per heavy atom. The number of halogens is 2. The van der Waals surface area contributed by atoms with Crippen LogP contribution in [0.15, 0.2) is 81.7 Å². The summed E-state index contributed by atoms with van der Waals surface area (Å²) >= 11 is 7.02. The quantitative estimate of drug-likeness (QED) is 0.358. The van der Waals surface area contributed by atoms with Crippen LogP contribution in [0.5, 0.6) is 0 Å². The molecule has 4 aromatic rings. The van der Waals surface area contributed by atoms with Crippen molar-refractivity contribution in [3.05, 3.63) is 93.0 Å². The molecule has 0 atom stereocenters. The van der Waals surface area contributed by atoms with Crippen LogP contribution in [0.1, 0.15) is 11.3 Å². The highest BCUT2D eigenvalue weighted by Gasteiger charge is 2.12. The van der Waals surface area contributed by atoms with Crippen molar-refractivity contribution in [2.75, 3.05) is 0 Å². The predicted octanol–water partition coefficient (Wildman–Crippen LogP) is 6.41. The molecule has 4 rings (SSSR count). The first kappa shape index (κ1) is 16.4. The number of fused-ring (bicyclic) bond motifs is 1. The number of hydrogen-bond acceptors (Lipinski definition) is 2. The topological polar surface area (TPSA) is 25.8 Å². The van der Waals surface area contributed by atoms with Gasteiger partial charge in [-0.2, -0.15) is 0 Å². The van der Waals surface area contributed by atoms with Crippen molar-refractivity contribution in [3.63, 3.8) is 0 Å². The maximum absolute atomic E-state index is 4.92. The van der Waals surface area contributed by atoms with Crippen molar-refractivity contribution in [3.8, 4) is 11.3 Å². The zero-order valence-corrected chi connectivity index (χ0v) is 16.5. The summed E-state index contributed by atoms with van der Waals surface area (Å²) in [6.07, 6.45) is 0.755. The smallest absolute Gasteiger partial charge is 0.0928 e. The van der Waals surface area contributed by atoms with Crippen molar-refractivity contribution in [1.29, 1.82) is 0 Å². The Hall–Kier alpha value is -2.04. The Morgan fingerprint density at radius 3 is 2.16 bits per heavy atom. The first-order chi connectivity index (χ1) is 12.2. The van der Waals surface area contributed by atoms with Gasteiger partial charge in [-0.3, -0.25) is 0 Å². The molecule has 0 aliphatic rings. The molecule has 0 radical (unpaired) electrons. The van der Waals surface area contributed by atoms with E-state index >= 15 is 0 Å². The summed E-state index contributed by atoms with van der Waals surface area (Å²) in [5.41, 5.74) is 6.03. The molecule has 0 spiro atoms. The minimum Gasteiger partial charge on any atom is -0.249 e. The van der Waals surface area contributed by atoms with Gasteiger partial charge >= 0.3 is 0 Å². The molecule has 0 N–H and O–H groups in total. The van der Waals surface area contributed by atoms with E-state index in [9.17, 15) is 0 Å². The van der Waals surface area contributed by atoms with Crippen LogP contribution in [0.25, 0.3) is 22.3 Å². The van der Waals surface area contributed by atoms with Crippen LogP contribution >= 0.6 is 31.9 Å². The lowest BCUT2D eigenvalue weighted by atomic mass is 10.0. The number of hydrogen-bond donors (Lipinski definition) is 0. The normalized spacial score (nSPS) is 11.0. The Bertz CT molecular complexity index is 1030. The predicted molar refractivity (Wildman–Crippen MR) is 110 cm³/mol. The molecule has 4 heteroatoms. The highest BCUT2D eigenvalue weighted by atomic mass is 79.9. The van der Waals surface area contributed by atoms with Gasteiger partial charge in [0, 0.05) is 20.9 Å². The van der Waals surface area contributed by atoms with E-state index in [1.807, 2.05) is 36.4 Å². The molecule has 0 saturated carbocycles. The highest BCUT2D eigenvalue weighted by Crippen LogP contribution is 2.27. The van der Waals surface area contributed by atoms with E-state index in [0.717, 1.165) is 43.4 Å². The zero-order chi connectivity index (χ0) is 17.2. The Labute approximate surface area is 163 Å². The zero-order valence-electron chi connectivity index (χ0n) is 13.3. The van der Waals surface area contributed by atoms with Crippen LogP contribution < -0.4 is 0 Å². The van der Waals surface area contributed by atoms with Crippen molar-refractivity contribution in [2.45, 2.75) is 6.42 Å². The largest absolute Gasteiger partial charge is 0.249 e. The number of benzene rings is 3. The van der Waals surface area contributed by atoms with Crippen molar-refractivity contribution < 1.29 is 0 Å². The van der Waals surface area contributed by atoms with Crippen LogP contribution in [0.4, 0.5) is 0 Å². The van der Waals surface area contributed by atoms with Gasteiger partial charge in [0.05, 0.1) is 22.4 Å². The van der Waals surface area contributed by atoms with Crippen molar-refractivity contribution >= 4 is 42.9 Å². The van der Waals surface area contributed by atoms with E-state index in [4.69, 9.17) is 9.97 Å². The third-order valence-corrected chi connectivity index (χ3v) is 5.05. The molecule has 0 fully saturated rings. The van der Waals surface area contributed by atoms with Gasteiger partial charge in [-0.25, -0.2) is 9.97 Å². The third kappa shape index (κ3) is 3.65. The van der Waals surface area contributed by atoms with Gasteiger partial charge in [0.1, 0.15) is 0 Å². The lowest BCUT2D eigenvalue weighted by Crippen LogP contribution is -2.00. The standard InChI is InChI=1S/C21H14Br2N2/c22-16-8-6-15(7-9-16)21-20(12-14-4-2-1-3-5-14)24-18-11-10-17(23)13-19(18)25-21/h1-11,13H,12H2. The Balaban J connectivity index is 1.90. The van der Waals surface area contributed by atoms with E-state index in [0.29, 0.717) is 0 Å². The second-order valence-corrected chi connectivity index (χ2v) is 7.65.